The van der Waals surface area contributed by atoms with Crippen molar-refractivity contribution in [1.29, 1.82) is 0 Å². The Bertz CT molecular complexity index is 1210. The number of hydrogen-bond donors (Lipinski definition) is 0. The number of carbonyl (C=O) groups excluding carboxylic acids is 1. The molecule has 26 heavy (non-hydrogen) atoms. The van der Waals surface area contributed by atoms with Gasteiger partial charge in [-0.15, -0.1) is 0 Å². The second-order valence-corrected chi connectivity index (χ2v) is 8.48. The molecule has 0 amide bonds. The van der Waals surface area contributed by atoms with Crippen molar-refractivity contribution in [2.45, 2.75) is 10.4 Å². The summed E-state index contributed by atoms with van der Waals surface area (Å²) in [6.45, 7) is 0. The molecule has 0 aliphatic carbocycles. The van der Waals surface area contributed by atoms with Crippen molar-refractivity contribution < 1.29 is 30.7 Å². The molecule has 1 heterocycles. The summed E-state index contributed by atoms with van der Waals surface area (Å²) in [5.74, 6) is 1.85. The Morgan fingerprint density at radius 3 is 2.50 bits per heavy atom. The molecule has 0 N–H and O–H groups in total. The maximum absolute atomic E-state index is 13.6. The molecule has 0 radical (unpaired) electrons. The normalized spacial score (nSPS) is 16.2. The Balaban J connectivity index is 2.05. The van der Waals surface area contributed by atoms with Crippen LogP contribution in [-0.4, -0.2) is 20.7 Å². The summed E-state index contributed by atoms with van der Waals surface area (Å²) in [6.07, 6.45) is 0. The van der Waals surface area contributed by atoms with Gasteiger partial charge < -0.3 is 4.18 Å². The van der Waals surface area contributed by atoms with Gasteiger partial charge in [-0.25, -0.2) is 8.60 Å². The monoisotopic (exact) mass is 400 g/mol. The first-order chi connectivity index (χ1) is 12.1. The van der Waals surface area contributed by atoms with E-state index in [1.54, 1.807) is 0 Å². The van der Waals surface area contributed by atoms with E-state index in [2.05, 4.69) is 5.87 Å². The summed E-state index contributed by atoms with van der Waals surface area (Å²) < 4.78 is 68.8. The van der Waals surface area contributed by atoms with Crippen molar-refractivity contribution in [3.05, 3.63) is 47.8 Å². The second kappa shape index (κ2) is 5.37. The second-order valence-electron chi connectivity index (χ2n) is 5.64. The first-order valence-electron chi connectivity index (χ1n) is 7.12. The Morgan fingerprint density at radius 1 is 1.08 bits per heavy atom. The smallest absolute Gasteiger partial charge is 0.402 e. The van der Waals surface area contributed by atoms with Crippen LogP contribution in [0.5, 0.6) is 5.75 Å². The quantitative estimate of drug-likeness (QED) is 0.348. The van der Waals surface area contributed by atoms with Crippen molar-refractivity contribution in [2.75, 3.05) is 0 Å². The average Bonchev–Trinajstić information content (AvgIpc) is 2.87. The van der Waals surface area contributed by atoms with Gasteiger partial charge in [-0.2, -0.15) is 13.2 Å². The molecule has 3 aromatic rings. The Labute approximate surface area is 149 Å². The van der Waals surface area contributed by atoms with E-state index in [4.69, 9.17) is 4.18 Å². The fourth-order valence-corrected chi connectivity index (χ4v) is 4.42. The summed E-state index contributed by atoms with van der Waals surface area (Å²) in [4.78, 5) is 12.6. The summed E-state index contributed by atoms with van der Waals surface area (Å²) in [5.41, 5.74) is -4.87. The summed E-state index contributed by atoms with van der Waals surface area (Å²) in [6, 6.07) is 7.86. The van der Waals surface area contributed by atoms with Crippen LogP contribution in [0.3, 0.4) is 0 Å². The van der Waals surface area contributed by atoms with Gasteiger partial charge in [-0.05, 0) is 58.7 Å². The topological polar surface area (TPSA) is 43.4 Å². The molecular formula is C17H8F4O3S2. The molecule has 1 atom stereocenters. The molecule has 1 aliphatic heterocycles. The van der Waals surface area contributed by atoms with Crippen LogP contribution in [0.1, 0.15) is 10.4 Å². The van der Waals surface area contributed by atoms with Gasteiger partial charge in [0, 0.05) is 21.2 Å². The zero-order valence-corrected chi connectivity index (χ0v) is 14.4. The molecule has 0 fully saturated rings. The minimum Gasteiger partial charge on any atom is -0.402 e. The summed E-state index contributed by atoms with van der Waals surface area (Å²) in [5, 5.41) is 1.22. The lowest BCUT2D eigenvalue weighted by Gasteiger charge is -2.16. The maximum Gasteiger partial charge on any atom is 0.496 e. The summed E-state index contributed by atoms with van der Waals surface area (Å²) in [7, 11) is -4.87. The van der Waals surface area contributed by atoms with Gasteiger partial charge in [-0.3, -0.25) is 4.79 Å². The third-order valence-electron chi connectivity index (χ3n) is 3.98. The maximum atomic E-state index is 13.6. The van der Waals surface area contributed by atoms with Crippen molar-refractivity contribution in [3.8, 4) is 5.75 Å². The van der Waals surface area contributed by atoms with Crippen LogP contribution in [0, 0.1) is 5.82 Å². The van der Waals surface area contributed by atoms with Crippen LogP contribution >= 0.6 is 11.8 Å². The first kappa shape index (κ1) is 17.2. The fourth-order valence-electron chi connectivity index (χ4n) is 2.82. The van der Waals surface area contributed by atoms with Gasteiger partial charge in [0.1, 0.15) is 11.6 Å². The zero-order valence-electron chi connectivity index (χ0n) is 12.7. The van der Waals surface area contributed by atoms with E-state index in [1.807, 2.05) is 0 Å². The Hall–Kier alpha value is -2.26. The molecule has 9 heteroatoms. The minimum absolute atomic E-state index is 0.190. The zero-order chi connectivity index (χ0) is 18.9. The van der Waals surface area contributed by atoms with Crippen LogP contribution in [0.4, 0.5) is 17.6 Å². The van der Waals surface area contributed by atoms with Crippen LogP contribution in [0.15, 0.2) is 41.3 Å². The number of alkyl halides is 3. The van der Waals surface area contributed by atoms with Gasteiger partial charge in [0.25, 0.3) is 0 Å². The van der Waals surface area contributed by atoms with Crippen LogP contribution < -0.4 is 4.18 Å². The van der Waals surface area contributed by atoms with Gasteiger partial charge in [-0.1, -0.05) is 6.07 Å². The standard InChI is InChI=1S/C17H8F4O3S2/c1-26(23,17(19,20)21)24-13-5-4-10-14-12(13)6-8-2-3-9(18)7-11(8)15(14)25-16(10)22/h2-7H,1H2. The van der Waals surface area contributed by atoms with Gasteiger partial charge in [0.2, 0.25) is 14.9 Å². The molecule has 0 saturated carbocycles. The SMILES string of the molecule is C=S(=O)(Oc1ccc2c3c(c4cc(F)ccc4cc13)SC2=O)C(F)(F)F. The molecule has 0 bridgehead atoms. The molecular weight excluding hydrogens is 392 g/mol. The van der Waals surface area contributed by atoms with Gasteiger partial charge in [0.15, 0.2) is 0 Å². The summed E-state index contributed by atoms with van der Waals surface area (Å²) >= 11 is 0.870. The third kappa shape index (κ3) is 2.45. The third-order valence-corrected chi connectivity index (χ3v) is 6.17. The lowest BCUT2D eigenvalue weighted by atomic mass is 9.99. The molecule has 3 aromatic carbocycles. The van der Waals surface area contributed by atoms with E-state index < -0.39 is 21.1 Å². The van der Waals surface area contributed by atoms with Crippen molar-refractivity contribution in [2.24, 2.45) is 0 Å². The van der Waals surface area contributed by atoms with E-state index in [0.29, 0.717) is 21.1 Å². The molecule has 3 nitrogen and oxygen atoms in total. The highest BCUT2D eigenvalue weighted by molar-refractivity contribution is 8.15. The molecule has 0 aromatic heterocycles. The lowest BCUT2D eigenvalue weighted by Crippen LogP contribution is -2.27. The van der Waals surface area contributed by atoms with Crippen LogP contribution in [0.25, 0.3) is 21.5 Å². The van der Waals surface area contributed by atoms with Crippen LogP contribution in [0.2, 0.25) is 0 Å². The number of thioether (sulfide) groups is 1. The predicted molar refractivity (Wildman–Crippen MR) is 93.5 cm³/mol. The lowest BCUT2D eigenvalue weighted by molar-refractivity contribution is -0.0446. The number of rotatable bonds is 2. The number of carbonyl (C=O) groups is 1. The minimum atomic E-state index is -5.15. The molecule has 4 rings (SSSR count). The highest BCUT2D eigenvalue weighted by Gasteiger charge is 2.42. The van der Waals surface area contributed by atoms with E-state index in [9.17, 15) is 26.6 Å². The molecule has 134 valence electrons. The largest absolute Gasteiger partial charge is 0.496 e. The van der Waals surface area contributed by atoms with Gasteiger partial charge in [0.05, 0.1) is 0 Å². The first-order valence-corrected chi connectivity index (χ1v) is 9.59. The van der Waals surface area contributed by atoms with Crippen molar-refractivity contribution in [3.63, 3.8) is 0 Å². The van der Waals surface area contributed by atoms with E-state index in [1.165, 1.54) is 30.3 Å². The van der Waals surface area contributed by atoms with E-state index in [-0.39, 0.29) is 21.8 Å². The highest BCUT2D eigenvalue weighted by Crippen LogP contribution is 2.48. The van der Waals surface area contributed by atoms with E-state index in [0.717, 1.165) is 17.8 Å². The predicted octanol–water partition coefficient (Wildman–Crippen LogP) is 4.91. The highest BCUT2D eigenvalue weighted by atomic mass is 32.2. The Kier molecular flexibility index (Phi) is 3.55. The average molecular weight is 400 g/mol. The fraction of sp³-hybridized carbons (Fsp3) is 0.0588. The number of halogens is 4. The molecule has 1 aliphatic rings. The van der Waals surface area contributed by atoms with Crippen molar-refractivity contribution in [1.82, 2.24) is 0 Å². The molecule has 1 unspecified atom stereocenters. The van der Waals surface area contributed by atoms with E-state index >= 15 is 0 Å². The Morgan fingerprint density at radius 2 is 1.81 bits per heavy atom. The number of hydrogen-bond acceptors (Lipinski definition) is 4. The molecule has 0 saturated heterocycles. The van der Waals surface area contributed by atoms with Crippen LogP contribution in [-0.2, 0) is 9.80 Å². The number of fused-ring (bicyclic) bond motifs is 2. The number of benzene rings is 3. The van der Waals surface area contributed by atoms with Gasteiger partial charge >= 0.3 is 5.51 Å². The molecule has 0 spiro atoms. The van der Waals surface area contributed by atoms with Crippen molar-refractivity contribution >= 4 is 54.1 Å².